The zero-order chi connectivity index (χ0) is 13.9. The summed E-state index contributed by atoms with van der Waals surface area (Å²) in [7, 11) is 2.08. The number of allylic oxidation sites excluding steroid dienone is 3. The Morgan fingerprint density at radius 1 is 1.10 bits per heavy atom. The molecule has 2 nitrogen and oxygen atoms in total. The van der Waals surface area contributed by atoms with Crippen LogP contribution in [0.4, 0.5) is 0 Å². The van der Waals surface area contributed by atoms with Crippen LogP contribution < -0.4 is 0 Å². The summed E-state index contributed by atoms with van der Waals surface area (Å²) in [6.45, 7) is 2.24. The van der Waals surface area contributed by atoms with Crippen molar-refractivity contribution in [3.63, 3.8) is 0 Å². The lowest BCUT2D eigenvalue weighted by atomic mass is 9.89. The molecule has 1 atom stereocenters. The molecule has 100 valence electrons. The molecule has 2 heterocycles. The Bertz CT molecular complexity index is 673. The van der Waals surface area contributed by atoms with Crippen LogP contribution in [-0.2, 0) is 7.05 Å². The molecule has 1 unspecified atom stereocenters. The van der Waals surface area contributed by atoms with Crippen LogP contribution in [0.5, 0.6) is 0 Å². The fraction of sp³-hybridized carbons (Fsp3) is 0.167. The van der Waals surface area contributed by atoms with Crippen LogP contribution in [0.1, 0.15) is 24.1 Å². The van der Waals surface area contributed by atoms with E-state index in [2.05, 4.69) is 78.3 Å². The van der Waals surface area contributed by atoms with E-state index in [1.165, 1.54) is 16.8 Å². The lowest BCUT2D eigenvalue weighted by Gasteiger charge is -2.19. The molecule has 0 N–H and O–H groups in total. The minimum Gasteiger partial charge on any atom is -0.351 e. The predicted molar refractivity (Wildman–Crippen MR) is 84.8 cm³/mol. The third kappa shape index (κ3) is 2.25. The molecule has 0 amide bonds. The molecule has 0 saturated carbocycles. The number of aromatic nitrogens is 1. The second-order valence-electron chi connectivity index (χ2n) is 5.07. The van der Waals surface area contributed by atoms with Crippen LogP contribution in [0.15, 0.2) is 71.5 Å². The quantitative estimate of drug-likeness (QED) is 0.789. The Hall–Kier alpha value is -2.35. The monoisotopic (exact) mass is 262 g/mol. The van der Waals surface area contributed by atoms with E-state index < -0.39 is 0 Å². The summed E-state index contributed by atoms with van der Waals surface area (Å²) in [5.41, 5.74) is 4.86. The lowest BCUT2D eigenvalue weighted by molar-refractivity contribution is 0.874. The van der Waals surface area contributed by atoms with Gasteiger partial charge in [-0.05, 0) is 29.8 Å². The number of hydrogen-bond acceptors (Lipinski definition) is 1. The number of aliphatic imine (C=N–C) groups is 1. The maximum absolute atomic E-state index is 4.51. The zero-order valence-corrected chi connectivity index (χ0v) is 11.8. The second-order valence-corrected chi connectivity index (χ2v) is 5.07. The van der Waals surface area contributed by atoms with Crippen LogP contribution in [0.3, 0.4) is 0 Å². The number of nitrogens with zero attached hydrogens (tertiary/aromatic N) is 2. The molecular weight excluding hydrogens is 244 g/mol. The number of rotatable bonds is 3. The Morgan fingerprint density at radius 3 is 2.50 bits per heavy atom. The smallest absolute Gasteiger partial charge is 0.0689 e. The highest BCUT2D eigenvalue weighted by molar-refractivity contribution is 5.84. The van der Waals surface area contributed by atoms with Crippen molar-refractivity contribution in [3.05, 3.63) is 77.8 Å². The third-order valence-corrected chi connectivity index (χ3v) is 3.78. The van der Waals surface area contributed by atoms with Gasteiger partial charge >= 0.3 is 0 Å². The SMILES string of the molecule is CC(/C(=C1\C=CC=N1)c1cccn1C)c1ccccc1. The van der Waals surface area contributed by atoms with Gasteiger partial charge < -0.3 is 4.57 Å². The van der Waals surface area contributed by atoms with Gasteiger partial charge in [-0.3, -0.25) is 4.99 Å². The third-order valence-electron chi connectivity index (χ3n) is 3.78. The number of benzene rings is 1. The fourth-order valence-electron chi connectivity index (χ4n) is 2.68. The van der Waals surface area contributed by atoms with Gasteiger partial charge in [0.25, 0.3) is 0 Å². The lowest BCUT2D eigenvalue weighted by Crippen LogP contribution is -2.04. The maximum Gasteiger partial charge on any atom is 0.0689 e. The van der Waals surface area contributed by atoms with E-state index in [9.17, 15) is 0 Å². The first-order valence-electron chi connectivity index (χ1n) is 6.89. The molecule has 1 aromatic heterocycles. The molecule has 20 heavy (non-hydrogen) atoms. The van der Waals surface area contributed by atoms with Crippen molar-refractivity contribution >= 4 is 11.8 Å². The van der Waals surface area contributed by atoms with E-state index in [4.69, 9.17) is 0 Å². The van der Waals surface area contributed by atoms with Gasteiger partial charge in [0.15, 0.2) is 0 Å². The summed E-state index contributed by atoms with van der Waals surface area (Å²) in [5, 5.41) is 0. The van der Waals surface area contributed by atoms with Gasteiger partial charge in [-0.15, -0.1) is 0 Å². The summed E-state index contributed by atoms with van der Waals surface area (Å²) in [6.07, 6.45) is 8.02. The first-order valence-corrected chi connectivity index (χ1v) is 6.89. The van der Waals surface area contributed by atoms with Crippen LogP contribution in [0, 0.1) is 0 Å². The molecule has 1 aromatic carbocycles. The van der Waals surface area contributed by atoms with Gasteiger partial charge in [-0.1, -0.05) is 37.3 Å². The highest BCUT2D eigenvalue weighted by Gasteiger charge is 2.19. The van der Waals surface area contributed by atoms with Crippen LogP contribution in [0.25, 0.3) is 5.57 Å². The molecular formula is C18H18N2. The molecule has 0 radical (unpaired) electrons. The van der Waals surface area contributed by atoms with Crippen molar-refractivity contribution in [3.8, 4) is 0 Å². The van der Waals surface area contributed by atoms with E-state index in [-0.39, 0.29) is 0 Å². The van der Waals surface area contributed by atoms with Crippen LogP contribution in [-0.4, -0.2) is 10.8 Å². The zero-order valence-electron chi connectivity index (χ0n) is 11.8. The van der Waals surface area contributed by atoms with Crippen LogP contribution in [0.2, 0.25) is 0 Å². The van der Waals surface area contributed by atoms with E-state index in [0.29, 0.717) is 5.92 Å². The molecule has 0 saturated heterocycles. The highest BCUT2D eigenvalue weighted by Crippen LogP contribution is 2.35. The van der Waals surface area contributed by atoms with Gasteiger partial charge in [0.2, 0.25) is 0 Å². The molecule has 2 heteroatoms. The van der Waals surface area contributed by atoms with Gasteiger partial charge in [0, 0.05) is 36.6 Å². The van der Waals surface area contributed by atoms with E-state index in [0.717, 1.165) is 5.70 Å². The van der Waals surface area contributed by atoms with Crippen molar-refractivity contribution in [1.82, 2.24) is 4.57 Å². The van der Waals surface area contributed by atoms with Crippen molar-refractivity contribution in [2.45, 2.75) is 12.8 Å². The van der Waals surface area contributed by atoms with Crippen LogP contribution >= 0.6 is 0 Å². The largest absolute Gasteiger partial charge is 0.351 e. The number of aryl methyl sites for hydroxylation is 1. The minimum atomic E-state index is 0.305. The highest BCUT2D eigenvalue weighted by atomic mass is 14.9. The summed E-state index contributed by atoms with van der Waals surface area (Å²) >= 11 is 0. The molecule has 1 aliphatic rings. The predicted octanol–water partition coefficient (Wildman–Crippen LogP) is 4.18. The number of hydrogen-bond donors (Lipinski definition) is 0. The van der Waals surface area contributed by atoms with Crippen molar-refractivity contribution < 1.29 is 0 Å². The Morgan fingerprint density at radius 2 is 1.90 bits per heavy atom. The molecule has 0 fully saturated rings. The normalized spacial score (nSPS) is 17.5. The average Bonchev–Trinajstić information content (AvgIpc) is 3.13. The molecule has 2 aromatic rings. The first-order chi connectivity index (χ1) is 9.77. The summed E-state index contributed by atoms with van der Waals surface area (Å²) in [4.78, 5) is 4.51. The summed E-state index contributed by atoms with van der Waals surface area (Å²) in [6, 6.07) is 14.8. The van der Waals surface area contributed by atoms with Crippen molar-refractivity contribution in [1.29, 1.82) is 0 Å². The van der Waals surface area contributed by atoms with Gasteiger partial charge in [-0.25, -0.2) is 0 Å². The van der Waals surface area contributed by atoms with E-state index >= 15 is 0 Å². The average molecular weight is 262 g/mol. The Kier molecular flexibility index (Phi) is 3.38. The van der Waals surface area contributed by atoms with E-state index in [1.807, 2.05) is 12.3 Å². The standard InChI is InChI=1S/C18H18N2/c1-14(15-8-4-3-5-9-15)18(16-10-6-12-19-16)17-11-7-13-20(17)2/h3-14H,1-2H3/b18-16-. The molecule has 0 spiro atoms. The van der Waals surface area contributed by atoms with Gasteiger partial charge in [-0.2, -0.15) is 0 Å². The summed E-state index contributed by atoms with van der Waals surface area (Å²) in [5.74, 6) is 0.305. The molecule has 0 aliphatic carbocycles. The second kappa shape index (κ2) is 5.33. The minimum absolute atomic E-state index is 0.305. The van der Waals surface area contributed by atoms with Crippen molar-refractivity contribution in [2.75, 3.05) is 0 Å². The topological polar surface area (TPSA) is 17.3 Å². The van der Waals surface area contributed by atoms with Gasteiger partial charge in [0.05, 0.1) is 5.70 Å². The Labute approximate surface area is 119 Å². The molecule has 0 bridgehead atoms. The fourth-order valence-corrected chi connectivity index (χ4v) is 2.68. The molecule has 3 rings (SSSR count). The van der Waals surface area contributed by atoms with Crippen molar-refractivity contribution in [2.24, 2.45) is 12.0 Å². The summed E-state index contributed by atoms with van der Waals surface area (Å²) < 4.78 is 2.16. The van der Waals surface area contributed by atoms with E-state index in [1.54, 1.807) is 0 Å². The van der Waals surface area contributed by atoms with Gasteiger partial charge in [0.1, 0.15) is 0 Å². The Balaban J connectivity index is 2.13. The molecule has 1 aliphatic heterocycles. The first kappa shape index (κ1) is 12.7. The maximum atomic E-state index is 4.51.